The minimum atomic E-state index is 0.634. The predicted octanol–water partition coefficient (Wildman–Crippen LogP) is 2.02. The maximum atomic E-state index is 5.51. The topological polar surface area (TPSA) is 24.5 Å². The zero-order valence-electron chi connectivity index (χ0n) is 11.5. The molecule has 1 atom stereocenters. The molecule has 0 radical (unpaired) electrons. The molecule has 1 unspecified atom stereocenters. The van der Waals surface area contributed by atoms with Crippen LogP contribution in [0, 0.1) is 0 Å². The third-order valence-corrected chi connectivity index (χ3v) is 3.55. The predicted molar refractivity (Wildman–Crippen MR) is 74.5 cm³/mol. The zero-order valence-corrected chi connectivity index (χ0v) is 11.5. The average molecular weight is 248 g/mol. The van der Waals surface area contributed by atoms with E-state index in [2.05, 4.69) is 41.5 Å². The van der Waals surface area contributed by atoms with Gasteiger partial charge in [-0.25, -0.2) is 0 Å². The monoisotopic (exact) mass is 248 g/mol. The van der Waals surface area contributed by atoms with E-state index in [9.17, 15) is 0 Å². The SMILES string of the molecule is CCOCc1ccccc1CNC1CCN(C)C1. The number of hydrogen-bond donors (Lipinski definition) is 1. The highest BCUT2D eigenvalue weighted by Crippen LogP contribution is 2.12. The van der Waals surface area contributed by atoms with Crippen LogP contribution >= 0.6 is 0 Å². The molecular weight excluding hydrogens is 224 g/mol. The van der Waals surface area contributed by atoms with Gasteiger partial charge in [0.2, 0.25) is 0 Å². The van der Waals surface area contributed by atoms with Crippen LogP contribution in [0.25, 0.3) is 0 Å². The maximum Gasteiger partial charge on any atom is 0.0719 e. The van der Waals surface area contributed by atoms with E-state index in [0.29, 0.717) is 6.04 Å². The van der Waals surface area contributed by atoms with E-state index in [0.717, 1.165) is 26.3 Å². The Labute approximate surface area is 110 Å². The van der Waals surface area contributed by atoms with Gasteiger partial charge in [0.1, 0.15) is 0 Å². The number of benzene rings is 1. The van der Waals surface area contributed by atoms with Gasteiger partial charge in [0.15, 0.2) is 0 Å². The number of ether oxygens (including phenoxy) is 1. The molecule has 3 heteroatoms. The van der Waals surface area contributed by atoms with Crippen molar-refractivity contribution in [2.24, 2.45) is 0 Å². The molecule has 0 aromatic heterocycles. The molecule has 1 fully saturated rings. The lowest BCUT2D eigenvalue weighted by Crippen LogP contribution is -2.31. The Bertz CT molecular complexity index is 367. The molecule has 1 aliphatic rings. The van der Waals surface area contributed by atoms with Crippen molar-refractivity contribution < 1.29 is 4.74 Å². The molecule has 2 rings (SSSR count). The summed E-state index contributed by atoms with van der Waals surface area (Å²) in [5.41, 5.74) is 2.67. The molecule has 1 heterocycles. The second-order valence-electron chi connectivity index (χ2n) is 5.03. The Hall–Kier alpha value is -0.900. The summed E-state index contributed by atoms with van der Waals surface area (Å²) in [5, 5.41) is 3.65. The van der Waals surface area contributed by atoms with Crippen molar-refractivity contribution in [2.45, 2.75) is 32.5 Å². The van der Waals surface area contributed by atoms with Crippen LogP contribution in [-0.2, 0) is 17.9 Å². The second kappa shape index (κ2) is 6.88. The molecular formula is C15H24N2O. The van der Waals surface area contributed by atoms with Crippen molar-refractivity contribution in [3.63, 3.8) is 0 Å². The van der Waals surface area contributed by atoms with E-state index < -0.39 is 0 Å². The first-order chi connectivity index (χ1) is 8.79. The van der Waals surface area contributed by atoms with E-state index >= 15 is 0 Å². The summed E-state index contributed by atoms with van der Waals surface area (Å²) in [7, 11) is 2.19. The van der Waals surface area contributed by atoms with Crippen LogP contribution in [0.1, 0.15) is 24.5 Å². The van der Waals surface area contributed by atoms with Crippen LogP contribution < -0.4 is 5.32 Å². The number of nitrogens with one attached hydrogen (secondary N) is 1. The fourth-order valence-corrected chi connectivity index (χ4v) is 2.44. The maximum absolute atomic E-state index is 5.51. The van der Waals surface area contributed by atoms with Gasteiger partial charge < -0.3 is 15.0 Å². The first kappa shape index (κ1) is 13.5. The van der Waals surface area contributed by atoms with Crippen LogP contribution in [0.3, 0.4) is 0 Å². The third-order valence-electron chi connectivity index (χ3n) is 3.55. The molecule has 100 valence electrons. The number of likely N-dealkylation sites (tertiary alicyclic amines) is 1. The van der Waals surface area contributed by atoms with E-state index in [1.165, 1.54) is 24.1 Å². The van der Waals surface area contributed by atoms with Crippen molar-refractivity contribution in [3.05, 3.63) is 35.4 Å². The molecule has 0 amide bonds. The van der Waals surface area contributed by atoms with E-state index in [1.54, 1.807) is 0 Å². The summed E-state index contributed by atoms with van der Waals surface area (Å²) >= 11 is 0. The summed E-state index contributed by atoms with van der Waals surface area (Å²) in [5.74, 6) is 0. The van der Waals surface area contributed by atoms with Gasteiger partial charge in [0.25, 0.3) is 0 Å². The number of likely N-dealkylation sites (N-methyl/N-ethyl adjacent to an activating group) is 1. The standard InChI is InChI=1S/C15H24N2O/c1-3-18-12-14-7-5-4-6-13(14)10-16-15-8-9-17(2)11-15/h4-7,15-16H,3,8-12H2,1-2H3. The van der Waals surface area contributed by atoms with Gasteiger partial charge in [-0.2, -0.15) is 0 Å². The van der Waals surface area contributed by atoms with Crippen molar-refractivity contribution in [1.29, 1.82) is 0 Å². The molecule has 1 aromatic carbocycles. The molecule has 0 spiro atoms. The van der Waals surface area contributed by atoms with Crippen molar-refractivity contribution in [2.75, 3.05) is 26.7 Å². The Morgan fingerprint density at radius 1 is 1.33 bits per heavy atom. The minimum Gasteiger partial charge on any atom is -0.377 e. The molecule has 18 heavy (non-hydrogen) atoms. The van der Waals surface area contributed by atoms with Crippen LogP contribution in [0.5, 0.6) is 0 Å². The molecule has 3 nitrogen and oxygen atoms in total. The smallest absolute Gasteiger partial charge is 0.0719 e. The van der Waals surface area contributed by atoms with E-state index in [1.807, 2.05) is 6.92 Å². The first-order valence-electron chi connectivity index (χ1n) is 6.86. The molecule has 1 saturated heterocycles. The highest BCUT2D eigenvalue weighted by atomic mass is 16.5. The van der Waals surface area contributed by atoms with Crippen LogP contribution in [0.2, 0.25) is 0 Å². The van der Waals surface area contributed by atoms with E-state index in [-0.39, 0.29) is 0 Å². The fraction of sp³-hybridized carbons (Fsp3) is 0.600. The van der Waals surface area contributed by atoms with Gasteiger partial charge >= 0.3 is 0 Å². The number of hydrogen-bond acceptors (Lipinski definition) is 3. The number of nitrogens with zero attached hydrogens (tertiary/aromatic N) is 1. The van der Waals surface area contributed by atoms with Crippen LogP contribution in [0.15, 0.2) is 24.3 Å². The normalized spacial score (nSPS) is 20.4. The van der Waals surface area contributed by atoms with Crippen molar-refractivity contribution >= 4 is 0 Å². The van der Waals surface area contributed by atoms with Gasteiger partial charge in [-0.15, -0.1) is 0 Å². The Morgan fingerprint density at radius 2 is 2.11 bits per heavy atom. The largest absolute Gasteiger partial charge is 0.377 e. The van der Waals surface area contributed by atoms with E-state index in [4.69, 9.17) is 4.74 Å². The average Bonchev–Trinajstić information content (AvgIpc) is 2.81. The highest BCUT2D eigenvalue weighted by Gasteiger charge is 2.18. The Balaban J connectivity index is 1.88. The van der Waals surface area contributed by atoms with Gasteiger partial charge in [0, 0.05) is 25.7 Å². The molecule has 0 saturated carbocycles. The molecule has 0 aliphatic carbocycles. The van der Waals surface area contributed by atoms with Crippen molar-refractivity contribution in [3.8, 4) is 0 Å². The molecule has 1 aliphatic heterocycles. The molecule has 1 aromatic rings. The second-order valence-corrected chi connectivity index (χ2v) is 5.03. The van der Waals surface area contributed by atoms with Gasteiger partial charge in [0.05, 0.1) is 6.61 Å². The fourth-order valence-electron chi connectivity index (χ4n) is 2.44. The Morgan fingerprint density at radius 3 is 2.78 bits per heavy atom. The molecule has 1 N–H and O–H groups in total. The van der Waals surface area contributed by atoms with Crippen molar-refractivity contribution in [1.82, 2.24) is 10.2 Å². The number of rotatable bonds is 6. The Kier molecular flexibility index (Phi) is 5.17. The van der Waals surface area contributed by atoms with Gasteiger partial charge in [-0.3, -0.25) is 0 Å². The quantitative estimate of drug-likeness (QED) is 0.833. The summed E-state index contributed by atoms with van der Waals surface area (Å²) in [6.45, 7) is 6.84. The summed E-state index contributed by atoms with van der Waals surface area (Å²) < 4.78 is 5.51. The zero-order chi connectivity index (χ0) is 12.8. The summed E-state index contributed by atoms with van der Waals surface area (Å²) in [4.78, 5) is 2.38. The van der Waals surface area contributed by atoms with Gasteiger partial charge in [-0.1, -0.05) is 24.3 Å². The minimum absolute atomic E-state index is 0.634. The lowest BCUT2D eigenvalue weighted by Gasteiger charge is -2.15. The van der Waals surface area contributed by atoms with Crippen LogP contribution in [0.4, 0.5) is 0 Å². The van der Waals surface area contributed by atoms with Crippen LogP contribution in [-0.4, -0.2) is 37.7 Å². The molecule has 0 bridgehead atoms. The van der Waals surface area contributed by atoms with Gasteiger partial charge in [-0.05, 0) is 38.1 Å². The third kappa shape index (κ3) is 3.80. The first-order valence-corrected chi connectivity index (χ1v) is 6.86. The lowest BCUT2D eigenvalue weighted by atomic mass is 10.1. The summed E-state index contributed by atoms with van der Waals surface area (Å²) in [6, 6.07) is 9.18. The highest BCUT2D eigenvalue weighted by molar-refractivity contribution is 5.26. The lowest BCUT2D eigenvalue weighted by molar-refractivity contribution is 0.133. The summed E-state index contributed by atoms with van der Waals surface area (Å²) in [6.07, 6.45) is 1.25.